The molecule has 4 heteroatoms. The quantitative estimate of drug-likeness (QED) is 0.801. The van der Waals surface area contributed by atoms with Crippen LogP contribution in [0.25, 0.3) is 11.2 Å². The molecule has 0 bridgehead atoms. The molecule has 0 radical (unpaired) electrons. The molecule has 15 heavy (non-hydrogen) atoms. The Bertz CT molecular complexity index is 425. The van der Waals surface area contributed by atoms with Gasteiger partial charge in [0, 0.05) is 6.20 Å². The average molecular weight is 204 g/mol. The van der Waals surface area contributed by atoms with Gasteiger partial charge in [-0.2, -0.15) is 0 Å². The smallest absolute Gasteiger partial charge is 0.177 e. The van der Waals surface area contributed by atoms with Crippen LogP contribution < -0.4 is 5.32 Å². The monoisotopic (exact) mass is 204 g/mol. The molecule has 0 atom stereocenters. The number of nitrogens with one attached hydrogen (secondary N) is 2. The topological polar surface area (TPSA) is 53.6 Å². The van der Waals surface area contributed by atoms with E-state index in [1.165, 1.54) is 0 Å². The fraction of sp³-hybridized carbons (Fsp3) is 0.455. The lowest BCUT2D eigenvalue weighted by Crippen LogP contribution is -2.37. The number of nitrogens with zero attached hydrogens (tertiary/aromatic N) is 2. The molecule has 0 saturated carbocycles. The van der Waals surface area contributed by atoms with E-state index in [1.54, 1.807) is 6.20 Å². The van der Waals surface area contributed by atoms with Crippen molar-refractivity contribution in [1.82, 2.24) is 20.3 Å². The van der Waals surface area contributed by atoms with Crippen LogP contribution in [0.4, 0.5) is 0 Å². The maximum absolute atomic E-state index is 4.47. The average Bonchev–Trinajstić information content (AvgIpc) is 2.61. The zero-order valence-electron chi connectivity index (χ0n) is 9.33. The number of H-pyrrole nitrogens is 1. The third-order valence-corrected chi connectivity index (χ3v) is 2.47. The standard InChI is InChI=1S/C11H16N4/c1-4-13-11(2,3)10-14-8-6-5-7-12-9(8)15-10/h5-7,13H,4H2,1-3H3,(H,12,14,15). The van der Waals surface area contributed by atoms with Crippen LogP contribution in [0.2, 0.25) is 0 Å². The molecule has 2 rings (SSSR count). The second-order valence-corrected chi connectivity index (χ2v) is 4.12. The Hall–Kier alpha value is -1.42. The highest BCUT2D eigenvalue weighted by atomic mass is 15.1. The minimum atomic E-state index is -0.143. The molecule has 80 valence electrons. The van der Waals surface area contributed by atoms with Crippen molar-refractivity contribution in [2.75, 3.05) is 6.54 Å². The summed E-state index contributed by atoms with van der Waals surface area (Å²) >= 11 is 0. The van der Waals surface area contributed by atoms with Crippen LogP contribution in [-0.4, -0.2) is 21.5 Å². The van der Waals surface area contributed by atoms with Gasteiger partial charge in [0.15, 0.2) is 5.65 Å². The predicted molar refractivity (Wildman–Crippen MR) is 60.6 cm³/mol. The van der Waals surface area contributed by atoms with Crippen molar-refractivity contribution in [3.63, 3.8) is 0 Å². The van der Waals surface area contributed by atoms with E-state index in [-0.39, 0.29) is 5.54 Å². The lowest BCUT2D eigenvalue weighted by Gasteiger charge is -2.22. The Morgan fingerprint density at radius 1 is 1.47 bits per heavy atom. The van der Waals surface area contributed by atoms with Crippen LogP contribution in [0.3, 0.4) is 0 Å². The van der Waals surface area contributed by atoms with Gasteiger partial charge in [0.25, 0.3) is 0 Å². The summed E-state index contributed by atoms with van der Waals surface area (Å²) in [6, 6.07) is 3.89. The van der Waals surface area contributed by atoms with E-state index in [2.05, 4.69) is 41.0 Å². The van der Waals surface area contributed by atoms with Crippen molar-refractivity contribution >= 4 is 11.2 Å². The molecule has 0 aliphatic heterocycles. The van der Waals surface area contributed by atoms with Gasteiger partial charge in [-0.05, 0) is 32.5 Å². The Balaban J connectivity index is 2.44. The van der Waals surface area contributed by atoms with Crippen LogP contribution in [0.5, 0.6) is 0 Å². The molecule has 2 N–H and O–H groups in total. The van der Waals surface area contributed by atoms with E-state index in [0.29, 0.717) is 0 Å². The molecular weight excluding hydrogens is 188 g/mol. The van der Waals surface area contributed by atoms with Gasteiger partial charge in [0.2, 0.25) is 0 Å². The fourth-order valence-electron chi connectivity index (χ4n) is 1.67. The van der Waals surface area contributed by atoms with Gasteiger partial charge in [-0.25, -0.2) is 9.97 Å². The van der Waals surface area contributed by atoms with Crippen LogP contribution >= 0.6 is 0 Å². The molecule has 0 aromatic carbocycles. The van der Waals surface area contributed by atoms with E-state index in [0.717, 1.165) is 23.5 Å². The maximum atomic E-state index is 4.47. The maximum Gasteiger partial charge on any atom is 0.177 e. The molecule has 0 aliphatic rings. The molecule has 0 spiro atoms. The largest absolute Gasteiger partial charge is 0.339 e. The highest BCUT2D eigenvalue weighted by Gasteiger charge is 2.22. The van der Waals surface area contributed by atoms with Crippen molar-refractivity contribution in [3.05, 3.63) is 24.2 Å². The molecule has 4 nitrogen and oxygen atoms in total. The number of hydrogen-bond acceptors (Lipinski definition) is 3. The van der Waals surface area contributed by atoms with Crippen LogP contribution in [0, 0.1) is 0 Å². The second kappa shape index (κ2) is 3.62. The van der Waals surface area contributed by atoms with Gasteiger partial charge in [0.1, 0.15) is 5.82 Å². The van der Waals surface area contributed by atoms with Gasteiger partial charge >= 0.3 is 0 Å². The predicted octanol–water partition coefficient (Wildman–Crippen LogP) is 1.80. The minimum Gasteiger partial charge on any atom is -0.339 e. The van der Waals surface area contributed by atoms with Gasteiger partial charge in [-0.1, -0.05) is 6.92 Å². The third kappa shape index (κ3) is 1.85. The first-order valence-corrected chi connectivity index (χ1v) is 5.20. The lowest BCUT2D eigenvalue weighted by molar-refractivity contribution is 0.395. The second-order valence-electron chi connectivity index (χ2n) is 4.12. The molecule has 2 aromatic heterocycles. The van der Waals surface area contributed by atoms with Crippen LogP contribution in [0.1, 0.15) is 26.6 Å². The summed E-state index contributed by atoms with van der Waals surface area (Å²) in [7, 11) is 0. The van der Waals surface area contributed by atoms with Gasteiger partial charge in [-0.3, -0.25) is 0 Å². The summed E-state index contributed by atoms with van der Waals surface area (Å²) in [6.07, 6.45) is 1.76. The zero-order chi connectivity index (χ0) is 10.9. The molecule has 0 aliphatic carbocycles. The SMILES string of the molecule is CCNC(C)(C)c1nc2ncccc2[nH]1. The summed E-state index contributed by atoms with van der Waals surface area (Å²) in [5.41, 5.74) is 1.62. The summed E-state index contributed by atoms with van der Waals surface area (Å²) < 4.78 is 0. The van der Waals surface area contributed by atoms with Crippen molar-refractivity contribution in [2.24, 2.45) is 0 Å². The first-order chi connectivity index (χ1) is 7.13. The molecule has 2 heterocycles. The highest BCUT2D eigenvalue weighted by Crippen LogP contribution is 2.19. The summed E-state index contributed by atoms with van der Waals surface area (Å²) in [5.74, 6) is 0.929. The van der Waals surface area contributed by atoms with Crippen molar-refractivity contribution < 1.29 is 0 Å². The van der Waals surface area contributed by atoms with Gasteiger partial charge < -0.3 is 10.3 Å². The van der Waals surface area contributed by atoms with E-state index >= 15 is 0 Å². The number of hydrogen-bond donors (Lipinski definition) is 2. The number of aromatic amines is 1. The number of imidazole rings is 1. The van der Waals surface area contributed by atoms with Gasteiger partial charge in [-0.15, -0.1) is 0 Å². The number of fused-ring (bicyclic) bond motifs is 1. The van der Waals surface area contributed by atoms with Crippen LogP contribution in [-0.2, 0) is 5.54 Å². The molecule has 0 fully saturated rings. The molecule has 2 aromatic rings. The summed E-state index contributed by atoms with van der Waals surface area (Å²) in [4.78, 5) is 12.0. The lowest BCUT2D eigenvalue weighted by atomic mass is 10.1. The Morgan fingerprint density at radius 2 is 2.27 bits per heavy atom. The normalized spacial score (nSPS) is 12.2. The zero-order valence-corrected chi connectivity index (χ0v) is 9.33. The summed E-state index contributed by atoms with van der Waals surface area (Å²) in [5, 5.41) is 3.38. The Morgan fingerprint density at radius 3 is 2.93 bits per heavy atom. The van der Waals surface area contributed by atoms with Crippen molar-refractivity contribution in [2.45, 2.75) is 26.3 Å². The van der Waals surface area contributed by atoms with E-state index in [4.69, 9.17) is 0 Å². The van der Waals surface area contributed by atoms with Crippen molar-refractivity contribution in [1.29, 1.82) is 0 Å². The van der Waals surface area contributed by atoms with E-state index in [1.807, 2.05) is 12.1 Å². The fourth-order valence-corrected chi connectivity index (χ4v) is 1.67. The summed E-state index contributed by atoms with van der Waals surface area (Å²) in [6.45, 7) is 7.21. The molecular formula is C11H16N4. The van der Waals surface area contributed by atoms with Gasteiger partial charge in [0.05, 0.1) is 11.1 Å². The van der Waals surface area contributed by atoms with E-state index < -0.39 is 0 Å². The highest BCUT2D eigenvalue weighted by molar-refractivity contribution is 5.70. The number of rotatable bonds is 3. The number of pyridine rings is 1. The molecule has 0 unspecified atom stereocenters. The Kier molecular flexibility index (Phi) is 2.44. The first kappa shape index (κ1) is 10.1. The molecule has 0 amide bonds. The van der Waals surface area contributed by atoms with E-state index in [9.17, 15) is 0 Å². The van der Waals surface area contributed by atoms with Crippen molar-refractivity contribution in [3.8, 4) is 0 Å². The molecule has 0 saturated heterocycles. The van der Waals surface area contributed by atoms with Crippen LogP contribution in [0.15, 0.2) is 18.3 Å². The Labute approximate surface area is 89.1 Å². The first-order valence-electron chi connectivity index (χ1n) is 5.20. The minimum absolute atomic E-state index is 0.143. The third-order valence-electron chi connectivity index (χ3n) is 2.47. The number of aromatic nitrogens is 3.